The first-order valence-electron chi connectivity index (χ1n) is 10.6. The summed E-state index contributed by atoms with van der Waals surface area (Å²) in [5.74, 6) is -1.27. The van der Waals surface area contributed by atoms with Crippen LogP contribution in [0.3, 0.4) is 0 Å². The van der Waals surface area contributed by atoms with Gasteiger partial charge in [0.25, 0.3) is 0 Å². The van der Waals surface area contributed by atoms with E-state index in [-0.39, 0.29) is 11.7 Å². The zero-order valence-corrected chi connectivity index (χ0v) is 19.0. The Kier molecular flexibility index (Phi) is 9.72. The molecule has 2 aromatic rings. The van der Waals surface area contributed by atoms with Crippen molar-refractivity contribution in [3.8, 4) is 5.75 Å². The topological polar surface area (TPSA) is 66.8 Å². The number of ether oxygens (including phenoxy) is 1. The maximum absolute atomic E-state index is 14.7. The van der Waals surface area contributed by atoms with E-state index in [1.807, 2.05) is 49.1 Å². The normalized spacial score (nSPS) is 18.0. The maximum atomic E-state index is 14.7. The van der Waals surface area contributed by atoms with Gasteiger partial charge in [-0.3, -0.25) is 4.21 Å². The summed E-state index contributed by atoms with van der Waals surface area (Å²) in [4.78, 5) is 13.1. The lowest BCUT2D eigenvalue weighted by molar-refractivity contribution is -0.131. The van der Waals surface area contributed by atoms with E-state index in [2.05, 4.69) is 6.92 Å². The number of anilines is 2. The van der Waals surface area contributed by atoms with Crippen LogP contribution in [0.25, 0.3) is 0 Å². The average Bonchev–Trinajstić information content (AvgIpc) is 2.90. The first-order chi connectivity index (χ1) is 15.0. The Morgan fingerprint density at radius 1 is 1.29 bits per heavy atom. The Morgan fingerprint density at radius 2 is 2.00 bits per heavy atom. The number of halogens is 1. The number of para-hydroxylation sites is 1. The molecule has 0 aliphatic carbocycles. The van der Waals surface area contributed by atoms with Crippen LogP contribution in [-0.2, 0) is 15.6 Å². The molecule has 0 radical (unpaired) electrons. The van der Waals surface area contributed by atoms with Gasteiger partial charge in [0.05, 0.1) is 33.7 Å². The lowest BCUT2D eigenvalue weighted by atomic mass is 10.0. The molecule has 1 unspecified atom stereocenters. The fourth-order valence-electron chi connectivity index (χ4n) is 3.41. The zero-order chi connectivity index (χ0) is 22.8. The number of carboxylic acids is 1. The van der Waals surface area contributed by atoms with E-state index in [0.717, 1.165) is 37.3 Å². The highest BCUT2D eigenvalue weighted by atomic mass is 32.2. The molecule has 31 heavy (non-hydrogen) atoms. The molecule has 0 aromatic heterocycles. The SMILES string of the molecule is CC.CCCC[C@H]1CN(c2ccccc2)c2cc(F)c(O/C=C/C(=O)O)cc2S(=O)C1. The van der Waals surface area contributed by atoms with Crippen molar-refractivity contribution in [2.75, 3.05) is 17.2 Å². The minimum Gasteiger partial charge on any atom is -0.478 e. The number of unbranched alkanes of at least 4 members (excludes halogenated alkanes) is 1. The molecule has 0 bridgehead atoms. The summed E-state index contributed by atoms with van der Waals surface area (Å²) in [5.41, 5.74) is 1.47. The highest BCUT2D eigenvalue weighted by Crippen LogP contribution is 2.39. The molecule has 0 spiro atoms. The summed E-state index contributed by atoms with van der Waals surface area (Å²) >= 11 is 0. The van der Waals surface area contributed by atoms with Crippen molar-refractivity contribution < 1.29 is 23.2 Å². The minimum absolute atomic E-state index is 0.144. The van der Waals surface area contributed by atoms with Crippen molar-refractivity contribution >= 4 is 28.1 Å². The molecule has 1 aliphatic rings. The van der Waals surface area contributed by atoms with Crippen molar-refractivity contribution in [1.29, 1.82) is 0 Å². The number of nitrogens with zero attached hydrogens (tertiary/aromatic N) is 1. The van der Waals surface area contributed by atoms with E-state index in [1.165, 1.54) is 12.1 Å². The highest BCUT2D eigenvalue weighted by Gasteiger charge is 2.29. The van der Waals surface area contributed by atoms with E-state index in [4.69, 9.17) is 9.84 Å². The molecule has 2 atom stereocenters. The van der Waals surface area contributed by atoms with Crippen molar-refractivity contribution in [2.24, 2.45) is 5.92 Å². The summed E-state index contributed by atoms with van der Waals surface area (Å²) < 4.78 is 33.0. The van der Waals surface area contributed by atoms with E-state index >= 15 is 0 Å². The van der Waals surface area contributed by atoms with Gasteiger partial charge in [-0.05, 0) is 24.5 Å². The molecule has 3 rings (SSSR count). The predicted octanol–water partition coefficient (Wildman–Crippen LogP) is 5.89. The van der Waals surface area contributed by atoms with Crippen LogP contribution in [0, 0.1) is 11.7 Å². The van der Waals surface area contributed by atoms with Crippen molar-refractivity contribution in [2.45, 2.75) is 44.9 Å². The Balaban J connectivity index is 0.00000166. The van der Waals surface area contributed by atoms with Gasteiger partial charge in [-0.15, -0.1) is 0 Å². The second-order valence-corrected chi connectivity index (χ2v) is 8.44. The van der Waals surface area contributed by atoms with E-state index < -0.39 is 22.6 Å². The third-order valence-corrected chi connectivity index (χ3v) is 6.41. The van der Waals surface area contributed by atoms with E-state index in [9.17, 15) is 13.4 Å². The number of hydrogen-bond donors (Lipinski definition) is 1. The number of fused-ring (bicyclic) bond motifs is 1. The predicted molar refractivity (Wildman–Crippen MR) is 123 cm³/mol. The fraction of sp³-hybridized carbons (Fsp3) is 0.375. The number of carboxylic acid groups (broad SMARTS) is 1. The largest absolute Gasteiger partial charge is 0.478 e. The lowest BCUT2D eigenvalue weighted by Crippen LogP contribution is -2.25. The van der Waals surface area contributed by atoms with Gasteiger partial charge in [-0.1, -0.05) is 51.8 Å². The number of rotatable bonds is 7. The summed E-state index contributed by atoms with van der Waals surface area (Å²) in [5, 5.41) is 8.68. The van der Waals surface area contributed by atoms with Crippen molar-refractivity contribution in [3.05, 3.63) is 60.6 Å². The molecule has 0 amide bonds. The molecule has 1 aliphatic heterocycles. The summed E-state index contributed by atoms with van der Waals surface area (Å²) in [6.45, 7) is 6.78. The smallest absolute Gasteiger partial charge is 0.331 e. The quantitative estimate of drug-likeness (QED) is 0.423. The van der Waals surface area contributed by atoms with Gasteiger partial charge < -0.3 is 14.7 Å². The van der Waals surface area contributed by atoms with Crippen LogP contribution in [0.5, 0.6) is 5.75 Å². The van der Waals surface area contributed by atoms with Crippen LogP contribution in [-0.4, -0.2) is 27.6 Å². The van der Waals surface area contributed by atoms with Crippen LogP contribution in [0.2, 0.25) is 0 Å². The fourth-order valence-corrected chi connectivity index (χ4v) is 4.93. The van der Waals surface area contributed by atoms with Gasteiger partial charge in [0, 0.05) is 30.1 Å². The number of carbonyl (C=O) groups is 1. The van der Waals surface area contributed by atoms with Crippen LogP contribution in [0.1, 0.15) is 40.0 Å². The van der Waals surface area contributed by atoms with Gasteiger partial charge in [-0.2, -0.15) is 0 Å². The molecule has 168 valence electrons. The molecule has 0 fully saturated rings. The number of hydrogen-bond acceptors (Lipinski definition) is 4. The molecular formula is C24H30FNO4S. The molecular weight excluding hydrogens is 417 g/mol. The molecule has 0 saturated carbocycles. The van der Waals surface area contributed by atoms with E-state index in [0.29, 0.717) is 22.9 Å². The van der Waals surface area contributed by atoms with Gasteiger partial charge in [0.1, 0.15) is 0 Å². The van der Waals surface area contributed by atoms with Crippen LogP contribution < -0.4 is 9.64 Å². The summed E-state index contributed by atoms with van der Waals surface area (Å²) in [6, 6.07) is 12.4. The average molecular weight is 448 g/mol. The maximum Gasteiger partial charge on any atom is 0.331 e. The first kappa shape index (κ1) is 24.6. The lowest BCUT2D eigenvalue weighted by Gasteiger charge is -2.27. The molecule has 1 heterocycles. The van der Waals surface area contributed by atoms with Crippen molar-refractivity contribution in [3.63, 3.8) is 0 Å². The highest BCUT2D eigenvalue weighted by molar-refractivity contribution is 7.85. The molecule has 7 heteroatoms. The third-order valence-electron chi connectivity index (χ3n) is 4.82. The second-order valence-electron chi connectivity index (χ2n) is 6.98. The third kappa shape index (κ3) is 6.66. The van der Waals surface area contributed by atoms with Gasteiger partial charge in [0.15, 0.2) is 11.6 Å². The van der Waals surface area contributed by atoms with Gasteiger partial charge in [-0.25, -0.2) is 9.18 Å². The molecule has 1 N–H and O–H groups in total. The first-order valence-corrected chi connectivity index (χ1v) is 11.9. The van der Waals surface area contributed by atoms with Crippen molar-refractivity contribution in [1.82, 2.24) is 0 Å². The number of benzene rings is 2. The Morgan fingerprint density at radius 3 is 2.65 bits per heavy atom. The molecule has 5 nitrogen and oxygen atoms in total. The Bertz CT molecular complexity index is 917. The van der Waals surface area contributed by atoms with Crippen LogP contribution in [0.4, 0.5) is 15.8 Å². The standard InChI is InChI=1S/C22H24FNO4S.C2H6/c1-2-3-7-16-14-24(17-8-5-4-6-9-17)19-12-18(23)20(28-11-10-22(25)26)13-21(19)29(27)15-16;1-2/h4-6,8-13,16H,2-3,7,14-15H2,1H3,(H,25,26);1-2H3/b11-10+;/t16-,29?;/m0./s1. The van der Waals surface area contributed by atoms with Crippen LogP contribution in [0.15, 0.2) is 59.7 Å². The van der Waals surface area contributed by atoms with E-state index in [1.54, 1.807) is 0 Å². The molecule has 2 aromatic carbocycles. The second kappa shape index (κ2) is 12.2. The minimum atomic E-state index is -1.32. The number of aliphatic carboxylic acids is 1. The Hall–Kier alpha value is -2.67. The summed E-state index contributed by atoms with van der Waals surface area (Å²) in [7, 11) is -1.32. The monoisotopic (exact) mass is 447 g/mol. The molecule has 0 saturated heterocycles. The van der Waals surface area contributed by atoms with Crippen LogP contribution >= 0.6 is 0 Å². The zero-order valence-electron chi connectivity index (χ0n) is 18.2. The van der Waals surface area contributed by atoms with Gasteiger partial charge in [0.2, 0.25) is 0 Å². The van der Waals surface area contributed by atoms with Gasteiger partial charge >= 0.3 is 5.97 Å². The summed E-state index contributed by atoms with van der Waals surface area (Å²) in [6.07, 6.45) is 4.74. The Labute approximate surface area is 186 Å².